The Morgan fingerprint density at radius 1 is 0.810 bits per heavy atom. The van der Waals surface area contributed by atoms with Crippen LogP contribution in [0.25, 0.3) is 21.8 Å². The van der Waals surface area contributed by atoms with Crippen molar-refractivity contribution in [2.75, 3.05) is 0 Å². The van der Waals surface area contributed by atoms with Crippen LogP contribution in [0.1, 0.15) is 0 Å². The summed E-state index contributed by atoms with van der Waals surface area (Å²) < 4.78 is 14.9. The van der Waals surface area contributed by atoms with Crippen LogP contribution in [0.2, 0.25) is 0 Å². The van der Waals surface area contributed by atoms with E-state index in [0.29, 0.717) is 5.39 Å². The molecule has 4 rings (SSSR count). The van der Waals surface area contributed by atoms with Crippen LogP contribution in [-0.2, 0) is 0 Å². The predicted molar refractivity (Wildman–Crippen MR) is 92.0 cm³/mol. The quantitative estimate of drug-likeness (QED) is 0.357. The topological polar surface area (TPSA) is 31.6 Å². The molecule has 21 heavy (non-hydrogen) atoms. The zero-order valence-electron chi connectivity index (χ0n) is 10.8. The lowest BCUT2D eigenvalue weighted by Crippen LogP contribution is -1.69. The monoisotopic (exact) mass is 408 g/mol. The molecule has 0 radical (unpaired) electrons. The largest absolute Gasteiger partial charge is 0.361 e. The number of fused-ring (bicyclic) bond motifs is 2. The zero-order chi connectivity index (χ0) is 14.8. The van der Waals surface area contributed by atoms with Crippen molar-refractivity contribution in [2.24, 2.45) is 0 Å². The molecule has 0 fully saturated rings. The van der Waals surface area contributed by atoms with E-state index in [1.807, 2.05) is 24.4 Å². The van der Waals surface area contributed by atoms with Gasteiger partial charge in [0.1, 0.15) is 5.82 Å². The zero-order valence-corrected chi connectivity index (χ0v) is 14.0. The number of hydrogen-bond acceptors (Lipinski definition) is 0. The van der Waals surface area contributed by atoms with E-state index in [0.717, 1.165) is 14.5 Å². The first-order valence-corrected chi connectivity index (χ1v) is 7.87. The second kappa shape index (κ2) is 6.03. The molecule has 2 N–H and O–H groups in total. The molecule has 4 aromatic rings. The average Bonchev–Trinajstić information content (AvgIpc) is 3.06. The fraction of sp³-hybridized carbons (Fsp3) is 0. The van der Waals surface area contributed by atoms with Gasteiger partial charge in [-0.15, -0.1) is 0 Å². The summed E-state index contributed by atoms with van der Waals surface area (Å²) in [5, 5.41) is 1.87. The van der Waals surface area contributed by atoms with Crippen molar-refractivity contribution in [1.82, 2.24) is 9.97 Å². The second-order valence-corrected chi connectivity index (χ2v) is 6.37. The summed E-state index contributed by atoms with van der Waals surface area (Å²) in [6, 6.07) is 13.7. The summed E-state index contributed by atoms with van der Waals surface area (Å²) in [7, 11) is 0. The minimum absolute atomic E-state index is 0.207. The summed E-state index contributed by atoms with van der Waals surface area (Å²) >= 11 is 6.67. The van der Waals surface area contributed by atoms with Gasteiger partial charge in [0, 0.05) is 43.1 Å². The van der Waals surface area contributed by atoms with E-state index < -0.39 is 0 Å². The van der Waals surface area contributed by atoms with Gasteiger partial charge in [0.25, 0.3) is 0 Å². The number of nitrogens with one attached hydrogen (secondary N) is 2. The Balaban J connectivity index is 0.000000126. The van der Waals surface area contributed by atoms with Gasteiger partial charge < -0.3 is 9.97 Å². The maximum Gasteiger partial charge on any atom is 0.148 e. The van der Waals surface area contributed by atoms with Crippen LogP contribution in [0, 0.1) is 5.82 Å². The first-order valence-electron chi connectivity index (χ1n) is 6.28. The molecule has 0 saturated carbocycles. The first kappa shape index (κ1) is 14.4. The van der Waals surface area contributed by atoms with Gasteiger partial charge in [-0.2, -0.15) is 0 Å². The van der Waals surface area contributed by atoms with Crippen molar-refractivity contribution in [3.63, 3.8) is 0 Å². The Labute approximate surface area is 137 Å². The van der Waals surface area contributed by atoms with Crippen LogP contribution >= 0.6 is 31.9 Å². The van der Waals surface area contributed by atoms with Crippen molar-refractivity contribution in [1.29, 1.82) is 0 Å². The molecule has 2 aromatic carbocycles. The Kier molecular flexibility index (Phi) is 4.12. The Morgan fingerprint density at radius 3 is 2.33 bits per heavy atom. The molecule has 0 saturated heterocycles. The number of halogens is 3. The fourth-order valence-electron chi connectivity index (χ4n) is 2.08. The van der Waals surface area contributed by atoms with E-state index in [2.05, 4.69) is 60.0 Å². The number of aromatic amines is 2. The highest BCUT2D eigenvalue weighted by Crippen LogP contribution is 2.21. The molecule has 0 aliphatic heterocycles. The van der Waals surface area contributed by atoms with Gasteiger partial charge in [0.15, 0.2) is 0 Å². The van der Waals surface area contributed by atoms with Gasteiger partial charge in [-0.05, 0) is 42.5 Å². The molecule has 2 aromatic heterocycles. The van der Waals surface area contributed by atoms with E-state index in [1.54, 1.807) is 6.07 Å². The molecule has 0 aliphatic rings. The average molecular weight is 410 g/mol. The SMILES string of the molecule is Brc1ccc2[nH]ccc2c1.Fc1c[nH]c2ccc(Br)cc12. The summed E-state index contributed by atoms with van der Waals surface area (Å²) in [6.45, 7) is 0. The van der Waals surface area contributed by atoms with Crippen molar-refractivity contribution in [2.45, 2.75) is 0 Å². The van der Waals surface area contributed by atoms with Crippen LogP contribution in [0.4, 0.5) is 4.39 Å². The lowest BCUT2D eigenvalue weighted by molar-refractivity contribution is 0.639. The Bertz CT molecular complexity index is 895. The normalized spacial score (nSPS) is 10.6. The van der Waals surface area contributed by atoms with Gasteiger partial charge in [-0.25, -0.2) is 4.39 Å². The van der Waals surface area contributed by atoms with E-state index in [9.17, 15) is 4.39 Å². The third-order valence-electron chi connectivity index (χ3n) is 3.11. The minimum atomic E-state index is -0.207. The summed E-state index contributed by atoms with van der Waals surface area (Å²) in [4.78, 5) is 5.95. The van der Waals surface area contributed by atoms with Gasteiger partial charge in [0.2, 0.25) is 0 Å². The number of benzene rings is 2. The standard InChI is InChI=1S/C8H5BrFN.C8H6BrN/c9-5-1-2-8-6(3-5)7(10)4-11-8;9-7-1-2-8-6(5-7)3-4-10-8/h1-4,11H;1-5,10H. The maximum atomic E-state index is 12.9. The summed E-state index contributed by atoms with van der Waals surface area (Å²) in [6.07, 6.45) is 3.30. The van der Waals surface area contributed by atoms with Crippen molar-refractivity contribution < 1.29 is 4.39 Å². The maximum absolute atomic E-state index is 12.9. The molecule has 106 valence electrons. The van der Waals surface area contributed by atoms with Crippen LogP contribution in [0.15, 0.2) is 63.8 Å². The summed E-state index contributed by atoms with van der Waals surface area (Å²) in [5.74, 6) is -0.207. The van der Waals surface area contributed by atoms with Crippen LogP contribution in [0.3, 0.4) is 0 Å². The predicted octanol–water partition coefficient (Wildman–Crippen LogP) is 6.00. The molecular weight excluding hydrogens is 399 g/mol. The number of H-pyrrole nitrogens is 2. The van der Waals surface area contributed by atoms with Crippen LogP contribution < -0.4 is 0 Å². The van der Waals surface area contributed by atoms with E-state index in [-0.39, 0.29) is 5.82 Å². The molecule has 0 amide bonds. The third-order valence-corrected chi connectivity index (χ3v) is 4.10. The van der Waals surface area contributed by atoms with Gasteiger partial charge >= 0.3 is 0 Å². The molecule has 2 heterocycles. The second-order valence-electron chi connectivity index (χ2n) is 4.54. The highest BCUT2D eigenvalue weighted by molar-refractivity contribution is 9.10. The van der Waals surface area contributed by atoms with Crippen molar-refractivity contribution in [3.05, 3.63) is 69.6 Å². The summed E-state index contributed by atoms with van der Waals surface area (Å²) in [5.41, 5.74) is 2.01. The lowest BCUT2D eigenvalue weighted by Gasteiger charge is -1.89. The van der Waals surface area contributed by atoms with Crippen LogP contribution in [-0.4, -0.2) is 9.97 Å². The molecule has 0 spiro atoms. The molecular formula is C16H11Br2FN2. The lowest BCUT2D eigenvalue weighted by atomic mass is 10.2. The molecule has 0 unspecified atom stereocenters. The number of aromatic nitrogens is 2. The van der Waals surface area contributed by atoms with E-state index >= 15 is 0 Å². The Morgan fingerprint density at radius 2 is 1.52 bits per heavy atom. The van der Waals surface area contributed by atoms with Crippen molar-refractivity contribution in [3.8, 4) is 0 Å². The van der Waals surface area contributed by atoms with E-state index in [4.69, 9.17) is 0 Å². The molecule has 2 nitrogen and oxygen atoms in total. The third kappa shape index (κ3) is 3.19. The first-order chi connectivity index (χ1) is 10.1. The Hall–Kier alpha value is -1.59. The number of hydrogen-bond donors (Lipinski definition) is 2. The fourth-order valence-corrected chi connectivity index (χ4v) is 2.82. The highest BCUT2D eigenvalue weighted by atomic mass is 79.9. The van der Waals surface area contributed by atoms with Gasteiger partial charge in [-0.3, -0.25) is 0 Å². The highest BCUT2D eigenvalue weighted by Gasteiger charge is 2.01. The van der Waals surface area contributed by atoms with Crippen LogP contribution in [0.5, 0.6) is 0 Å². The molecule has 0 atom stereocenters. The number of rotatable bonds is 0. The smallest absolute Gasteiger partial charge is 0.148 e. The van der Waals surface area contributed by atoms with Gasteiger partial charge in [0.05, 0.1) is 0 Å². The molecule has 0 aliphatic carbocycles. The van der Waals surface area contributed by atoms with E-state index in [1.165, 1.54) is 17.1 Å². The van der Waals surface area contributed by atoms with Crippen molar-refractivity contribution >= 4 is 53.7 Å². The minimum Gasteiger partial charge on any atom is -0.361 e. The molecule has 0 bridgehead atoms. The van der Waals surface area contributed by atoms with Gasteiger partial charge in [-0.1, -0.05) is 31.9 Å². The molecule has 5 heteroatoms.